The van der Waals surface area contributed by atoms with Crippen molar-refractivity contribution in [1.82, 2.24) is 10.2 Å². The molecule has 7 heteroatoms. The summed E-state index contributed by atoms with van der Waals surface area (Å²) in [6, 6.07) is 12.1. The van der Waals surface area contributed by atoms with Crippen molar-refractivity contribution in [2.75, 3.05) is 11.9 Å². The molecule has 0 spiro atoms. The summed E-state index contributed by atoms with van der Waals surface area (Å²) in [7, 11) is 2.01. The monoisotopic (exact) mass is 411 g/mol. The van der Waals surface area contributed by atoms with Crippen LogP contribution in [0.3, 0.4) is 0 Å². The van der Waals surface area contributed by atoms with Crippen LogP contribution >= 0.6 is 23.1 Å². The first-order valence-electron chi connectivity index (χ1n) is 9.01. The maximum atomic E-state index is 12.9. The van der Waals surface area contributed by atoms with Crippen LogP contribution in [0.4, 0.5) is 5.69 Å². The highest BCUT2D eigenvalue weighted by atomic mass is 32.2. The number of hydrogen-bond acceptors (Lipinski definition) is 7. The van der Waals surface area contributed by atoms with Gasteiger partial charge in [0.25, 0.3) is 11.1 Å². The Balaban J connectivity index is 1.52. The molecule has 1 unspecified atom stereocenters. The molecule has 0 N–H and O–H groups in total. The molecule has 0 amide bonds. The molecule has 0 radical (unpaired) electrons. The second kappa shape index (κ2) is 7.22. The van der Waals surface area contributed by atoms with Gasteiger partial charge in [-0.05, 0) is 30.0 Å². The Kier molecular flexibility index (Phi) is 4.89. The molecule has 1 aliphatic rings. The lowest BCUT2D eigenvalue weighted by molar-refractivity contribution is -0.114. The number of carbonyl (C=O) groups excluding carboxylic acids is 1. The minimum Gasteiger partial charge on any atom is -0.410 e. The smallest absolute Gasteiger partial charge is 0.277 e. The van der Waals surface area contributed by atoms with Gasteiger partial charge in [-0.25, -0.2) is 0 Å². The Labute approximate surface area is 172 Å². The van der Waals surface area contributed by atoms with Crippen molar-refractivity contribution >= 4 is 34.6 Å². The van der Waals surface area contributed by atoms with Gasteiger partial charge in [-0.3, -0.25) is 4.79 Å². The number of thiophene rings is 1. The lowest BCUT2D eigenvalue weighted by atomic mass is 9.83. The highest BCUT2D eigenvalue weighted by Crippen LogP contribution is 2.46. The summed E-state index contributed by atoms with van der Waals surface area (Å²) >= 11 is 2.83. The van der Waals surface area contributed by atoms with Crippen LogP contribution in [0.15, 0.2) is 63.2 Å². The molecular formula is C21H21N3O2S2. The van der Waals surface area contributed by atoms with Crippen LogP contribution in [-0.2, 0) is 10.2 Å². The molecule has 0 saturated heterocycles. The number of carbonyl (C=O) groups is 1. The Morgan fingerprint density at radius 3 is 2.75 bits per heavy atom. The van der Waals surface area contributed by atoms with Gasteiger partial charge in [-0.15, -0.1) is 21.5 Å². The number of likely N-dealkylation sites (N-methyl/N-ethyl adjacent to an activating group) is 1. The van der Waals surface area contributed by atoms with E-state index >= 15 is 0 Å². The predicted molar refractivity (Wildman–Crippen MR) is 114 cm³/mol. The van der Waals surface area contributed by atoms with Crippen LogP contribution in [0.1, 0.15) is 26.3 Å². The SMILES string of the molecule is CC(Sc1nnc(-c2cccs2)o1)C(=O)C=C1N(C)c2ccccc2C1(C)C. The van der Waals surface area contributed by atoms with Gasteiger partial charge in [-0.2, -0.15) is 0 Å². The van der Waals surface area contributed by atoms with E-state index < -0.39 is 0 Å². The fourth-order valence-corrected chi connectivity index (χ4v) is 4.82. The maximum Gasteiger partial charge on any atom is 0.277 e. The Bertz CT molecular complexity index is 1040. The minimum atomic E-state index is -0.322. The lowest BCUT2D eigenvalue weighted by Crippen LogP contribution is -2.25. The van der Waals surface area contributed by atoms with Crippen LogP contribution in [0, 0.1) is 0 Å². The number of rotatable bonds is 5. The van der Waals surface area contributed by atoms with Crippen molar-refractivity contribution in [1.29, 1.82) is 0 Å². The van der Waals surface area contributed by atoms with E-state index in [-0.39, 0.29) is 16.4 Å². The van der Waals surface area contributed by atoms with Gasteiger partial charge in [-0.1, -0.05) is 49.9 Å². The molecule has 0 fully saturated rings. The first kappa shape index (κ1) is 19.0. The number of fused-ring (bicyclic) bond motifs is 1. The van der Waals surface area contributed by atoms with E-state index in [0.29, 0.717) is 11.1 Å². The largest absolute Gasteiger partial charge is 0.410 e. The first-order valence-corrected chi connectivity index (χ1v) is 10.8. The van der Waals surface area contributed by atoms with Gasteiger partial charge in [0.15, 0.2) is 5.78 Å². The second-order valence-corrected chi connectivity index (χ2v) is 9.48. The molecule has 3 aromatic rings. The number of hydrogen-bond donors (Lipinski definition) is 0. The van der Waals surface area contributed by atoms with Gasteiger partial charge in [0.05, 0.1) is 10.1 Å². The third kappa shape index (κ3) is 3.29. The van der Waals surface area contributed by atoms with Crippen molar-refractivity contribution in [3.05, 3.63) is 59.1 Å². The first-order chi connectivity index (χ1) is 13.4. The molecule has 0 saturated carbocycles. The van der Waals surface area contributed by atoms with Gasteiger partial charge in [0.1, 0.15) is 0 Å². The van der Waals surface area contributed by atoms with E-state index in [2.05, 4.69) is 41.1 Å². The fraction of sp³-hybridized carbons (Fsp3) is 0.286. The summed E-state index contributed by atoms with van der Waals surface area (Å²) in [5.74, 6) is 0.520. The number of aromatic nitrogens is 2. The fourth-order valence-electron chi connectivity index (χ4n) is 3.48. The molecule has 1 atom stereocenters. The van der Waals surface area contributed by atoms with Crippen molar-refractivity contribution in [2.45, 2.75) is 36.7 Å². The van der Waals surface area contributed by atoms with Crippen LogP contribution in [0.2, 0.25) is 0 Å². The molecule has 5 nitrogen and oxygen atoms in total. The van der Waals surface area contributed by atoms with Gasteiger partial charge < -0.3 is 9.32 Å². The summed E-state index contributed by atoms with van der Waals surface area (Å²) in [5.41, 5.74) is 3.15. The zero-order valence-electron chi connectivity index (χ0n) is 16.2. The highest BCUT2D eigenvalue weighted by molar-refractivity contribution is 8.00. The zero-order chi connectivity index (χ0) is 19.9. The molecule has 2 aromatic heterocycles. The van der Waals surface area contributed by atoms with Gasteiger partial charge >= 0.3 is 0 Å². The third-order valence-corrected chi connectivity index (χ3v) is 6.85. The molecule has 1 aromatic carbocycles. The molecule has 1 aliphatic heterocycles. The quantitative estimate of drug-likeness (QED) is 0.427. The normalized spacial score (nSPS) is 17.7. The lowest BCUT2D eigenvalue weighted by Gasteiger charge is -2.24. The number of anilines is 1. The topological polar surface area (TPSA) is 59.2 Å². The van der Waals surface area contributed by atoms with Crippen molar-refractivity contribution in [3.8, 4) is 10.8 Å². The van der Waals surface area contributed by atoms with Crippen LogP contribution in [0.25, 0.3) is 10.8 Å². The zero-order valence-corrected chi connectivity index (χ0v) is 17.8. The number of nitrogens with zero attached hydrogens (tertiary/aromatic N) is 3. The molecule has 3 heterocycles. The average molecular weight is 412 g/mol. The summed E-state index contributed by atoms with van der Waals surface area (Å²) in [4.78, 5) is 15.9. The van der Waals surface area contributed by atoms with E-state index in [4.69, 9.17) is 4.42 Å². The van der Waals surface area contributed by atoms with Gasteiger partial charge in [0.2, 0.25) is 0 Å². The van der Waals surface area contributed by atoms with E-state index in [9.17, 15) is 4.79 Å². The molecule has 0 bridgehead atoms. The Morgan fingerprint density at radius 2 is 2.04 bits per heavy atom. The molecule has 28 heavy (non-hydrogen) atoms. The van der Waals surface area contributed by atoms with E-state index in [0.717, 1.165) is 16.3 Å². The maximum absolute atomic E-state index is 12.9. The summed E-state index contributed by atoms with van der Waals surface area (Å²) < 4.78 is 5.70. The van der Waals surface area contributed by atoms with Crippen molar-refractivity contribution < 1.29 is 9.21 Å². The standard InChI is InChI=1S/C21H21N3O2S2/c1-13(28-20-23-22-19(26-20)17-10-7-11-27-17)16(25)12-18-21(2,3)14-8-5-6-9-15(14)24(18)4/h5-13H,1-4H3. The van der Waals surface area contributed by atoms with E-state index in [1.54, 1.807) is 17.4 Å². The molecule has 4 rings (SSSR count). The van der Waals surface area contributed by atoms with Crippen molar-refractivity contribution in [3.63, 3.8) is 0 Å². The summed E-state index contributed by atoms with van der Waals surface area (Å²) in [5, 5.41) is 10.2. The van der Waals surface area contributed by atoms with Crippen LogP contribution in [-0.4, -0.2) is 28.3 Å². The van der Waals surface area contributed by atoms with E-state index in [1.165, 1.54) is 17.3 Å². The van der Waals surface area contributed by atoms with E-state index in [1.807, 2.05) is 43.6 Å². The number of benzene rings is 1. The van der Waals surface area contributed by atoms with Crippen LogP contribution < -0.4 is 4.90 Å². The number of para-hydroxylation sites is 1. The molecule has 144 valence electrons. The number of allylic oxidation sites excluding steroid dienone is 2. The number of ketones is 1. The average Bonchev–Trinajstić information content (AvgIpc) is 3.39. The summed E-state index contributed by atoms with van der Waals surface area (Å²) in [6.45, 7) is 6.17. The van der Waals surface area contributed by atoms with Crippen LogP contribution in [0.5, 0.6) is 0 Å². The molecular weight excluding hydrogens is 390 g/mol. The number of thioether (sulfide) groups is 1. The Morgan fingerprint density at radius 1 is 1.25 bits per heavy atom. The summed E-state index contributed by atoms with van der Waals surface area (Å²) in [6.07, 6.45) is 1.76. The molecule has 0 aliphatic carbocycles. The predicted octanol–water partition coefficient (Wildman–Crippen LogP) is 5.16. The van der Waals surface area contributed by atoms with Crippen molar-refractivity contribution in [2.24, 2.45) is 0 Å². The Hall–Kier alpha value is -2.38. The minimum absolute atomic E-state index is 0.0311. The van der Waals surface area contributed by atoms with Gasteiger partial charge in [0, 0.05) is 29.9 Å². The highest BCUT2D eigenvalue weighted by Gasteiger charge is 2.38. The second-order valence-electron chi connectivity index (χ2n) is 7.24. The third-order valence-electron chi connectivity index (χ3n) is 5.04.